The molecule has 0 aliphatic carbocycles. The van der Waals surface area contributed by atoms with Crippen LogP contribution in [0.5, 0.6) is 0 Å². The van der Waals surface area contributed by atoms with Crippen LogP contribution in [0.15, 0.2) is 4.79 Å². The summed E-state index contributed by atoms with van der Waals surface area (Å²) in [6, 6.07) is 0. The molecule has 1 atom stereocenters. The van der Waals surface area contributed by atoms with Crippen LogP contribution in [0.2, 0.25) is 0 Å². The van der Waals surface area contributed by atoms with E-state index < -0.39 is 0 Å². The van der Waals surface area contributed by atoms with E-state index >= 15 is 0 Å². The van der Waals surface area contributed by atoms with Crippen LogP contribution in [0.4, 0.5) is 0 Å². The second-order valence-corrected chi connectivity index (χ2v) is 3.60. The van der Waals surface area contributed by atoms with Gasteiger partial charge in [0.2, 0.25) is 0 Å². The molecule has 1 aliphatic heterocycles. The van der Waals surface area contributed by atoms with E-state index in [2.05, 4.69) is 15.1 Å². The van der Waals surface area contributed by atoms with Crippen molar-refractivity contribution in [1.82, 2.24) is 15.1 Å². The van der Waals surface area contributed by atoms with Crippen molar-refractivity contribution in [2.75, 3.05) is 20.1 Å². The first-order valence-electron chi connectivity index (χ1n) is 4.40. The van der Waals surface area contributed by atoms with Gasteiger partial charge in [0, 0.05) is 31.2 Å². The Morgan fingerprint density at radius 2 is 2.38 bits per heavy atom. The number of H-pyrrole nitrogens is 2. The molecule has 13 heavy (non-hydrogen) atoms. The van der Waals surface area contributed by atoms with Crippen molar-refractivity contribution in [3.63, 3.8) is 0 Å². The van der Waals surface area contributed by atoms with Crippen molar-refractivity contribution >= 4 is 0 Å². The summed E-state index contributed by atoms with van der Waals surface area (Å²) in [7, 11) is 2.00. The third-order valence-electron chi connectivity index (χ3n) is 2.56. The topological polar surface area (TPSA) is 77.9 Å². The SMILES string of the molecule is CN1Cc2c([nH][nH]c2=O)C(CN)C1. The summed E-state index contributed by atoms with van der Waals surface area (Å²) >= 11 is 0. The Balaban J connectivity index is 2.44. The molecule has 0 saturated carbocycles. The summed E-state index contributed by atoms with van der Waals surface area (Å²) in [6.07, 6.45) is 0. The maximum Gasteiger partial charge on any atom is 0.268 e. The molecule has 0 amide bonds. The zero-order valence-electron chi connectivity index (χ0n) is 7.63. The molecule has 2 heterocycles. The second kappa shape index (κ2) is 3.01. The average Bonchev–Trinajstić information content (AvgIpc) is 2.47. The van der Waals surface area contributed by atoms with Crippen molar-refractivity contribution in [2.45, 2.75) is 12.5 Å². The highest BCUT2D eigenvalue weighted by atomic mass is 16.1. The number of hydrogen-bond donors (Lipinski definition) is 3. The van der Waals surface area contributed by atoms with E-state index in [0.29, 0.717) is 13.1 Å². The maximum absolute atomic E-state index is 11.3. The molecule has 0 spiro atoms. The first kappa shape index (κ1) is 8.52. The summed E-state index contributed by atoms with van der Waals surface area (Å²) in [5.41, 5.74) is 7.44. The Labute approximate surface area is 75.9 Å². The number of hydrogen-bond acceptors (Lipinski definition) is 3. The number of rotatable bonds is 1. The Morgan fingerprint density at radius 1 is 1.62 bits per heavy atom. The third kappa shape index (κ3) is 1.30. The lowest BCUT2D eigenvalue weighted by Crippen LogP contribution is -2.35. The zero-order chi connectivity index (χ0) is 9.42. The van der Waals surface area contributed by atoms with Crippen molar-refractivity contribution in [2.24, 2.45) is 5.73 Å². The smallest absolute Gasteiger partial charge is 0.268 e. The fourth-order valence-corrected chi connectivity index (χ4v) is 1.90. The molecule has 5 heteroatoms. The Bertz CT molecular complexity index is 353. The van der Waals surface area contributed by atoms with Gasteiger partial charge >= 0.3 is 0 Å². The number of nitrogens with zero attached hydrogens (tertiary/aromatic N) is 1. The minimum absolute atomic E-state index is 0.0139. The van der Waals surface area contributed by atoms with Gasteiger partial charge in [-0.1, -0.05) is 0 Å². The fourth-order valence-electron chi connectivity index (χ4n) is 1.90. The summed E-state index contributed by atoms with van der Waals surface area (Å²) in [6.45, 7) is 2.20. The van der Waals surface area contributed by atoms with E-state index in [1.807, 2.05) is 7.05 Å². The van der Waals surface area contributed by atoms with Crippen LogP contribution < -0.4 is 11.3 Å². The minimum atomic E-state index is -0.0139. The molecule has 1 aromatic rings. The number of nitrogens with one attached hydrogen (secondary N) is 2. The highest BCUT2D eigenvalue weighted by molar-refractivity contribution is 5.24. The molecule has 0 bridgehead atoms. The van der Waals surface area contributed by atoms with Crippen molar-refractivity contribution in [3.05, 3.63) is 21.6 Å². The van der Waals surface area contributed by atoms with E-state index in [4.69, 9.17) is 5.73 Å². The molecule has 2 rings (SSSR count). The van der Waals surface area contributed by atoms with Crippen molar-refractivity contribution < 1.29 is 0 Å². The molecule has 1 unspecified atom stereocenters. The lowest BCUT2D eigenvalue weighted by molar-refractivity contribution is 0.280. The van der Waals surface area contributed by atoms with E-state index in [0.717, 1.165) is 17.8 Å². The van der Waals surface area contributed by atoms with Crippen LogP contribution in [0.3, 0.4) is 0 Å². The van der Waals surface area contributed by atoms with Crippen molar-refractivity contribution in [1.29, 1.82) is 0 Å². The van der Waals surface area contributed by atoms with Crippen LogP contribution >= 0.6 is 0 Å². The lowest BCUT2D eigenvalue weighted by Gasteiger charge is -2.27. The monoisotopic (exact) mass is 182 g/mol. The normalized spacial score (nSPS) is 23.1. The summed E-state index contributed by atoms with van der Waals surface area (Å²) in [5.74, 6) is 0.257. The van der Waals surface area contributed by atoms with Gasteiger partial charge in [-0.15, -0.1) is 0 Å². The van der Waals surface area contributed by atoms with Gasteiger partial charge in [-0.05, 0) is 7.05 Å². The number of aromatic nitrogens is 2. The van der Waals surface area contributed by atoms with E-state index in [1.165, 1.54) is 0 Å². The first-order valence-corrected chi connectivity index (χ1v) is 4.40. The second-order valence-electron chi connectivity index (χ2n) is 3.60. The van der Waals surface area contributed by atoms with Gasteiger partial charge < -0.3 is 15.7 Å². The van der Waals surface area contributed by atoms with Gasteiger partial charge in [-0.25, -0.2) is 0 Å². The van der Waals surface area contributed by atoms with E-state index in [1.54, 1.807) is 0 Å². The Hall–Kier alpha value is -1.07. The standard InChI is InChI=1S/C8H14N4O/c1-12-3-5(2-9)7-6(4-12)8(13)11-10-7/h5H,2-4,9H2,1H3,(H2,10,11,13). The first-order chi connectivity index (χ1) is 6.22. The number of aromatic amines is 2. The summed E-state index contributed by atoms with van der Waals surface area (Å²) < 4.78 is 0. The Kier molecular flexibility index (Phi) is 1.97. The molecular weight excluding hydrogens is 168 g/mol. The van der Waals surface area contributed by atoms with Gasteiger partial charge in [0.05, 0.1) is 5.56 Å². The largest absolute Gasteiger partial charge is 0.330 e. The fraction of sp³-hybridized carbons (Fsp3) is 0.625. The predicted molar refractivity (Wildman–Crippen MR) is 49.5 cm³/mol. The molecule has 1 aromatic heterocycles. The number of nitrogens with two attached hydrogens (primary N) is 1. The van der Waals surface area contributed by atoms with Crippen LogP contribution in [-0.2, 0) is 6.54 Å². The molecule has 5 nitrogen and oxygen atoms in total. The maximum atomic E-state index is 11.3. The van der Waals surface area contributed by atoms with Gasteiger partial charge in [0.25, 0.3) is 5.56 Å². The average molecular weight is 182 g/mol. The molecule has 0 saturated heterocycles. The van der Waals surface area contributed by atoms with Crippen LogP contribution in [0.1, 0.15) is 17.2 Å². The molecule has 0 fully saturated rings. The molecule has 0 aromatic carbocycles. The van der Waals surface area contributed by atoms with Crippen molar-refractivity contribution in [3.8, 4) is 0 Å². The van der Waals surface area contributed by atoms with Crippen LogP contribution in [0, 0.1) is 0 Å². The van der Waals surface area contributed by atoms with E-state index in [-0.39, 0.29) is 11.5 Å². The van der Waals surface area contributed by atoms with Gasteiger partial charge in [-0.3, -0.25) is 9.89 Å². The molecule has 1 aliphatic rings. The van der Waals surface area contributed by atoms with Gasteiger partial charge in [0.1, 0.15) is 0 Å². The van der Waals surface area contributed by atoms with Crippen LogP contribution in [-0.4, -0.2) is 35.2 Å². The molecular formula is C8H14N4O. The zero-order valence-corrected chi connectivity index (χ0v) is 7.63. The highest BCUT2D eigenvalue weighted by Crippen LogP contribution is 2.21. The number of likely N-dealkylation sites (N-methyl/N-ethyl adjacent to an activating group) is 1. The van der Waals surface area contributed by atoms with Crippen LogP contribution in [0.25, 0.3) is 0 Å². The highest BCUT2D eigenvalue weighted by Gasteiger charge is 2.25. The minimum Gasteiger partial charge on any atom is -0.330 e. The number of fused-ring (bicyclic) bond motifs is 1. The van der Waals surface area contributed by atoms with E-state index in [9.17, 15) is 4.79 Å². The van der Waals surface area contributed by atoms with Gasteiger partial charge in [-0.2, -0.15) is 0 Å². The molecule has 0 radical (unpaired) electrons. The Morgan fingerprint density at radius 3 is 3.08 bits per heavy atom. The lowest BCUT2D eigenvalue weighted by atomic mass is 9.97. The molecule has 4 N–H and O–H groups in total. The third-order valence-corrected chi connectivity index (χ3v) is 2.56. The summed E-state index contributed by atoms with van der Waals surface area (Å²) in [5, 5.41) is 5.50. The van der Waals surface area contributed by atoms with Gasteiger partial charge in [0.15, 0.2) is 0 Å². The summed E-state index contributed by atoms with van der Waals surface area (Å²) in [4.78, 5) is 13.4. The quantitative estimate of drug-likeness (QED) is 0.531. The molecule has 72 valence electrons. The predicted octanol–water partition coefficient (Wildman–Crippen LogP) is -0.809.